The molecule has 1 aromatic carbocycles. The predicted molar refractivity (Wildman–Crippen MR) is 68.3 cm³/mol. The zero-order valence-electron chi connectivity index (χ0n) is 10.2. The summed E-state index contributed by atoms with van der Waals surface area (Å²) < 4.78 is 39.2. The van der Waals surface area contributed by atoms with Crippen molar-refractivity contribution in [2.75, 3.05) is 18.8 Å². The van der Waals surface area contributed by atoms with Crippen molar-refractivity contribution in [3.63, 3.8) is 0 Å². The molecule has 0 aliphatic carbocycles. The van der Waals surface area contributed by atoms with Gasteiger partial charge in [-0.15, -0.1) is 0 Å². The second kappa shape index (κ2) is 5.85. The molecule has 7 nitrogen and oxygen atoms in total. The van der Waals surface area contributed by atoms with Crippen LogP contribution in [0.4, 0.5) is 14.9 Å². The fourth-order valence-electron chi connectivity index (χ4n) is 1.28. The maximum Gasteiger partial charge on any atom is 0.312 e. The summed E-state index contributed by atoms with van der Waals surface area (Å²) in [5, 5.41) is 2.21. The number of anilines is 1. The predicted octanol–water partition coefficient (Wildman–Crippen LogP) is -0.337. The van der Waals surface area contributed by atoms with E-state index in [1.165, 1.54) is 13.0 Å². The molecule has 19 heavy (non-hydrogen) atoms. The highest BCUT2D eigenvalue weighted by atomic mass is 32.2. The number of carbonyl (C=O) groups excluding carboxylic acids is 1. The third-order valence-corrected chi connectivity index (χ3v) is 3.83. The van der Waals surface area contributed by atoms with Gasteiger partial charge < -0.3 is 16.8 Å². The largest absolute Gasteiger partial charge is 0.398 e. The average Bonchev–Trinajstić information content (AvgIpc) is 2.31. The molecule has 0 saturated carbocycles. The van der Waals surface area contributed by atoms with Crippen LogP contribution in [-0.2, 0) is 10.0 Å². The molecule has 0 heterocycles. The van der Waals surface area contributed by atoms with Crippen LogP contribution in [0.5, 0.6) is 0 Å². The number of nitrogen functional groups attached to an aromatic ring is 1. The number of benzene rings is 1. The highest BCUT2D eigenvalue weighted by Gasteiger charge is 2.16. The molecule has 1 rings (SSSR count). The molecule has 2 amide bonds. The number of amides is 2. The molecular formula is C10H15FN4O3S. The number of hydrogen-bond donors (Lipinski definition) is 4. The highest BCUT2D eigenvalue weighted by molar-refractivity contribution is 7.89. The van der Waals surface area contributed by atoms with Crippen LogP contribution in [0.1, 0.15) is 5.56 Å². The third-order valence-electron chi connectivity index (χ3n) is 2.38. The zero-order valence-corrected chi connectivity index (χ0v) is 11.1. The summed E-state index contributed by atoms with van der Waals surface area (Å²) in [6.07, 6.45) is 0. The first-order valence-electron chi connectivity index (χ1n) is 5.32. The molecule has 0 fully saturated rings. The standard InChI is InChI=1S/C10H15FN4O3S/c1-6-8(11)4-7(5-9(6)12)19(17,18)15-3-2-14-10(13)16/h4-5,15H,2-3,12H2,1H3,(H3,13,14,16). The molecule has 0 bridgehead atoms. The van der Waals surface area contributed by atoms with Crippen molar-refractivity contribution in [2.45, 2.75) is 11.8 Å². The van der Waals surface area contributed by atoms with Gasteiger partial charge in [0, 0.05) is 24.3 Å². The number of urea groups is 1. The molecule has 1 aromatic rings. The molecule has 0 aromatic heterocycles. The van der Waals surface area contributed by atoms with Crippen molar-refractivity contribution < 1.29 is 17.6 Å². The first-order chi connectivity index (χ1) is 8.74. The van der Waals surface area contributed by atoms with Crippen LogP contribution >= 0.6 is 0 Å². The fourth-order valence-corrected chi connectivity index (χ4v) is 2.36. The van der Waals surface area contributed by atoms with Crippen LogP contribution in [0.3, 0.4) is 0 Å². The van der Waals surface area contributed by atoms with Gasteiger partial charge in [0.2, 0.25) is 10.0 Å². The molecular weight excluding hydrogens is 275 g/mol. The second-order valence-electron chi connectivity index (χ2n) is 3.81. The van der Waals surface area contributed by atoms with E-state index in [-0.39, 0.29) is 29.2 Å². The van der Waals surface area contributed by atoms with Gasteiger partial charge >= 0.3 is 6.03 Å². The van der Waals surface area contributed by atoms with Crippen molar-refractivity contribution in [3.05, 3.63) is 23.5 Å². The Morgan fingerprint density at radius 1 is 1.37 bits per heavy atom. The van der Waals surface area contributed by atoms with Gasteiger partial charge in [-0.1, -0.05) is 0 Å². The van der Waals surface area contributed by atoms with Gasteiger partial charge in [-0.2, -0.15) is 0 Å². The van der Waals surface area contributed by atoms with Crippen LogP contribution < -0.4 is 21.5 Å². The summed E-state index contributed by atoms with van der Waals surface area (Å²) in [5.74, 6) is -0.698. The van der Waals surface area contributed by atoms with Crippen molar-refractivity contribution in [1.29, 1.82) is 0 Å². The summed E-state index contributed by atoms with van der Waals surface area (Å²) in [6, 6.07) is 1.29. The van der Waals surface area contributed by atoms with Gasteiger partial charge in [-0.3, -0.25) is 0 Å². The minimum absolute atomic E-state index is 0.0262. The van der Waals surface area contributed by atoms with Crippen LogP contribution in [0, 0.1) is 12.7 Å². The fraction of sp³-hybridized carbons (Fsp3) is 0.300. The smallest absolute Gasteiger partial charge is 0.312 e. The maximum atomic E-state index is 13.4. The van der Waals surface area contributed by atoms with Crippen molar-refractivity contribution in [1.82, 2.24) is 10.0 Å². The number of rotatable bonds is 5. The lowest BCUT2D eigenvalue weighted by Crippen LogP contribution is -2.37. The number of halogens is 1. The Labute approximate surface area is 110 Å². The molecule has 0 radical (unpaired) electrons. The van der Waals surface area contributed by atoms with Crippen LogP contribution in [0.2, 0.25) is 0 Å². The lowest BCUT2D eigenvalue weighted by molar-refractivity contribution is 0.249. The highest BCUT2D eigenvalue weighted by Crippen LogP contribution is 2.20. The minimum atomic E-state index is -3.88. The topological polar surface area (TPSA) is 127 Å². The number of nitrogens with two attached hydrogens (primary N) is 2. The average molecular weight is 290 g/mol. The van der Waals surface area contributed by atoms with Crippen molar-refractivity contribution in [3.8, 4) is 0 Å². The van der Waals surface area contributed by atoms with Crippen LogP contribution in [0.15, 0.2) is 17.0 Å². The molecule has 0 unspecified atom stereocenters. The van der Waals surface area contributed by atoms with Crippen molar-refractivity contribution >= 4 is 21.7 Å². The van der Waals surface area contributed by atoms with E-state index in [0.29, 0.717) is 0 Å². The van der Waals surface area contributed by atoms with Gasteiger partial charge in [-0.05, 0) is 19.1 Å². The molecule has 0 aliphatic heterocycles. The summed E-state index contributed by atoms with van der Waals surface area (Å²) in [6.45, 7) is 1.41. The van der Waals surface area contributed by atoms with Gasteiger partial charge in [-0.25, -0.2) is 22.3 Å². The summed E-state index contributed by atoms with van der Waals surface area (Å²) >= 11 is 0. The molecule has 0 saturated heterocycles. The zero-order chi connectivity index (χ0) is 14.6. The van der Waals surface area contributed by atoms with E-state index in [9.17, 15) is 17.6 Å². The number of nitrogens with one attached hydrogen (secondary N) is 2. The molecule has 9 heteroatoms. The van der Waals surface area contributed by atoms with Crippen LogP contribution in [0.25, 0.3) is 0 Å². The van der Waals surface area contributed by atoms with E-state index in [1.54, 1.807) is 0 Å². The van der Waals surface area contributed by atoms with E-state index < -0.39 is 21.9 Å². The summed E-state index contributed by atoms with van der Waals surface area (Å²) in [5.41, 5.74) is 10.6. The Hall–Kier alpha value is -1.87. The molecule has 0 atom stereocenters. The first-order valence-corrected chi connectivity index (χ1v) is 6.81. The van der Waals surface area contributed by atoms with E-state index in [0.717, 1.165) is 6.07 Å². The Morgan fingerprint density at radius 2 is 2.00 bits per heavy atom. The summed E-state index contributed by atoms with van der Waals surface area (Å²) in [7, 11) is -3.88. The van der Waals surface area contributed by atoms with E-state index >= 15 is 0 Å². The van der Waals surface area contributed by atoms with Gasteiger partial charge in [0.1, 0.15) is 5.82 Å². The van der Waals surface area contributed by atoms with Crippen molar-refractivity contribution in [2.24, 2.45) is 5.73 Å². The lowest BCUT2D eigenvalue weighted by Gasteiger charge is -2.09. The van der Waals surface area contributed by atoms with Gasteiger partial charge in [0.15, 0.2) is 0 Å². The van der Waals surface area contributed by atoms with E-state index in [4.69, 9.17) is 11.5 Å². The minimum Gasteiger partial charge on any atom is -0.398 e. The number of primary amides is 1. The number of carbonyl (C=O) groups is 1. The lowest BCUT2D eigenvalue weighted by atomic mass is 10.2. The Bertz CT molecular complexity index is 565. The monoisotopic (exact) mass is 290 g/mol. The molecule has 0 aliphatic rings. The molecule has 6 N–H and O–H groups in total. The van der Waals surface area contributed by atoms with Gasteiger partial charge in [0.05, 0.1) is 4.90 Å². The quantitative estimate of drug-likeness (QED) is 0.437. The Kier molecular flexibility index (Phi) is 4.67. The third kappa shape index (κ3) is 4.07. The molecule has 106 valence electrons. The second-order valence-corrected chi connectivity index (χ2v) is 5.58. The first kappa shape index (κ1) is 15.2. The molecule has 0 spiro atoms. The SMILES string of the molecule is Cc1c(N)cc(S(=O)(=O)NCCNC(N)=O)cc1F. The Balaban J connectivity index is 2.80. The van der Waals surface area contributed by atoms with Gasteiger partial charge in [0.25, 0.3) is 0 Å². The maximum absolute atomic E-state index is 13.4. The Morgan fingerprint density at radius 3 is 2.53 bits per heavy atom. The number of sulfonamides is 1. The van der Waals surface area contributed by atoms with Crippen LogP contribution in [-0.4, -0.2) is 27.5 Å². The number of hydrogen-bond acceptors (Lipinski definition) is 4. The summed E-state index contributed by atoms with van der Waals surface area (Å²) in [4.78, 5) is 10.1. The van der Waals surface area contributed by atoms with E-state index in [1.807, 2.05) is 0 Å². The van der Waals surface area contributed by atoms with E-state index in [2.05, 4.69) is 10.0 Å². The normalized spacial score (nSPS) is 11.3.